The van der Waals surface area contributed by atoms with Gasteiger partial charge in [-0.1, -0.05) is 26.3 Å². The van der Waals surface area contributed by atoms with Gasteiger partial charge in [-0.25, -0.2) is 4.99 Å². The van der Waals surface area contributed by atoms with E-state index in [0.29, 0.717) is 17.3 Å². The van der Waals surface area contributed by atoms with Crippen LogP contribution < -0.4 is 16.2 Å². The Hall–Kier alpha value is -1.81. The van der Waals surface area contributed by atoms with Crippen LogP contribution in [0.15, 0.2) is 41.0 Å². The van der Waals surface area contributed by atoms with Crippen LogP contribution in [-0.4, -0.2) is 11.9 Å². The van der Waals surface area contributed by atoms with E-state index in [0.717, 1.165) is 5.57 Å². The number of anilines is 1. The molecule has 1 aromatic carbocycles. The van der Waals surface area contributed by atoms with Crippen molar-refractivity contribution in [1.29, 1.82) is 0 Å². The van der Waals surface area contributed by atoms with Crippen LogP contribution in [0.2, 0.25) is 0 Å². The number of nitrogens with two attached hydrogens (primary N) is 2. The molecule has 1 aromatic rings. The first-order chi connectivity index (χ1) is 9.40. The third-order valence-corrected chi connectivity index (χ3v) is 2.29. The van der Waals surface area contributed by atoms with Crippen LogP contribution in [0.1, 0.15) is 41.0 Å². The summed E-state index contributed by atoms with van der Waals surface area (Å²) in [7, 11) is 0. The number of nitrogens with zero attached hydrogens (tertiary/aromatic N) is 1. The molecular formula is C16H27N3O. The zero-order chi connectivity index (χ0) is 15.5. The first-order valence-electron chi connectivity index (χ1n) is 6.90. The number of nitrogen functional groups attached to an aromatic ring is 1. The highest BCUT2D eigenvalue weighted by molar-refractivity contribution is 5.76. The van der Waals surface area contributed by atoms with Crippen LogP contribution in [0.25, 0.3) is 0 Å². The van der Waals surface area contributed by atoms with Crippen molar-refractivity contribution in [3.63, 3.8) is 0 Å². The van der Waals surface area contributed by atoms with Crippen molar-refractivity contribution >= 4 is 11.6 Å². The number of ether oxygens (including phenoxy) is 1. The van der Waals surface area contributed by atoms with E-state index >= 15 is 0 Å². The fraction of sp³-hybridized carbons (Fsp3) is 0.438. The van der Waals surface area contributed by atoms with Gasteiger partial charge in [-0.2, -0.15) is 0 Å². The van der Waals surface area contributed by atoms with Crippen molar-refractivity contribution in [2.75, 3.05) is 5.73 Å². The Morgan fingerprint density at radius 1 is 1.35 bits per heavy atom. The number of hydrogen-bond acceptors (Lipinski definition) is 4. The van der Waals surface area contributed by atoms with Gasteiger partial charge in [-0.05, 0) is 31.6 Å². The smallest absolute Gasteiger partial charge is 0.191 e. The van der Waals surface area contributed by atoms with Crippen molar-refractivity contribution in [1.82, 2.24) is 0 Å². The van der Waals surface area contributed by atoms with Crippen LogP contribution in [0.3, 0.4) is 0 Å². The van der Waals surface area contributed by atoms with Gasteiger partial charge in [-0.3, -0.25) is 0 Å². The lowest BCUT2D eigenvalue weighted by Gasteiger charge is -2.06. The van der Waals surface area contributed by atoms with E-state index in [1.54, 1.807) is 25.3 Å². The Balaban J connectivity index is 0.00000110. The van der Waals surface area contributed by atoms with E-state index in [1.165, 1.54) is 6.42 Å². The Bertz CT molecular complexity index is 451. The fourth-order valence-corrected chi connectivity index (χ4v) is 1.09. The Kier molecular flexibility index (Phi) is 9.13. The molecule has 0 fully saturated rings. The molecule has 112 valence electrons. The lowest BCUT2D eigenvalue weighted by atomic mass is 10.2. The molecule has 1 unspecified atom stereocenters. The molecule has 4 nitrogen and oxygen atoms in total. The molecule has 1 atom stereocenters. The number of aliphatic imine (C=N–C) groups is 1. The van der Waals surface area contributed by atoms with Crippen LogP contribution in [0, 0.1) is 0 Å². The standard InChI is InChI=1S/C13H19N3O.C3H8/c1-9(10(2)14)8-16-11(3)17-13-6-4-5-12(15)7-13;1-3-2/h4-8,10H,14-15H2,1-3H3;3H2,1-2H3/b9-8+,16-11?;. The average Bonchev–Trinajstić information content (AvgIpc) is 2.36. The van der Waals surface area contributed by atoms with Crippen molar-refractivity contribution in [2.45, 2.75) is 47.1 Å². The summed E-state index contributed by atoms with van der Waals surface area (Å²) in [5.41, 5.74) is 13.0. The molecule has 20 heavy (non-hydrogen) atoms. The maximum atomic E-state index is 5.70. The summed E-state index contributed by atoms with van der Waals surface area (Å²) in [5.74, 6) is 1.23. The molecular weight excluding hydrogens is 250 g/mol. The summed E-state index contributed by atoms with van der Waals surface area (Å²) in [5, 5.41) is 0. The molecule has 0 heterocycles. The van der Waals surface area contributed by atoms with Crippen molar-refractivity contribution in [3.8, 4) is 5.75 Å². The first-order valence-corrected chi connectivity index (χ1v) is 6.90. The van der Waals surface area contributed by atoms with E-state index in [4.69, 9.17) is 16.2 Å². The van der Waals surface area contributed by atoms with Gasteiger partial charge in [0.15, 0.2) is 5.90 Å². The van der Waals surface area contributed by atoms with E-state index in [9.17, 15) is 0 Å². The van der Waals surface area contributed by atoms with Gasteiger partial charge in [0.2, 0.25) is 0 Å². The third-order valence-electron chi connectivity index (χ3n) is 2.29. The molecule has 1 rings (SSSR count). The van der Waals surface area contributed by atoms with Crippen molar-refractivity contribution in [3.05, 3.63) is 36.0 Å². The predicted octanol–water partition coefficient (Wildman–Crippen LogP) is 3.73. The average molecular weight is 277 g/mol. The molecule has 0 bridgehead atoms. The molecule has 0 aromatic heterocycles. The molecule has 0 saturated carbocycles. The van der Waals surface area contributed by atoms with Gasteiger partial charge in [0.05, 0.1) is 0 Å². The SMILES string of the molecule is CC(=N/C=C(\C)C(C)N)Oc1cccc(N)c1.CCC. The van der Waals surface area contributed by atoms with E-state index < -0.39 is 0 Å². The predicted molar refractivity (Wildman–Crippen MR) is 88.0 cm³/mol. The van der Waals surface area contributed by atoms with E-state index in [-0.39, 0.29) is 6.04 Å². The fourth-order valence-electron chi connectivity index (χ4n) is 1.09. The normalized spacial score (nSPS) is 13.3. The minimum Gasteiger partial charge on any atom is -0.443 e. The molecule has 0 aliphatic carbocycles. The highest BCUT2D eigenvalue weighted by atomic mass is 16.5. The summed E-state index contributed by atoms with van der Waals surface area (Å²) in [6.45, 7) is 9.88. The maximum Gasteiger partial charge on any atom is 0.191 e. The number of benzene rings is 1. The van der Waals surface area contributed by atoms with Crippen LogP contribution >= 0.6 is 0 Å². The van der Waals surface area contributed by atoms with Gasteiger partial charge < -0.3 is 16.2 Å². The van der Waals surface area contributed by atoms with Gasteiger partial charge in [-0.15, -0.1) is 0 Å². The molecule has 0 radical (unpaired) electrons. The molecule has 0 amide bonds. The zero-order valence-corrected chi connectivity index (χ0v) is 13.2. The molecule has 4 N–H and O–H groups in total. The van der Waals surface area contributed by atoms with Crippen LogP contribution in [0.4, 0.5) is 5.69 Å². The highest BCUT2D eigenvalue weighted by Crippen LogP contribution is 2.14. The highest BCUT2D eigenvalue weighted by Gasteiger charge is 1.98. The molecule has 0 aliphatic rings. The molecule has 4 heteroatoms. The van der Waals surface area contributed by atoms with Gasteiger partial charge >= 0.3 is 0 Å². The van der Waals surface area contributed by atoms with Gasteiger partial charge in [0, 0.05) is 30.9 Å². The molecule has 0 spiro atoms. The van der Waals surface area contributed by atoms with Gasteiger partial charge in [0.1, 0.15) is 5.75 Å². The van der Waals surface area contributed by atoms with Crippen LogP contribution in [0.5, 0.6) is 5.75 Å². The lowest BCUT2D eigenvalue weighted by molar-refractivity contribution is 0.547. The zero-order valence-electron chi connectivity index (χ0n) is 13.2. The largest absolute Gasteiger partial charge is 0.443 e. The van der Waals surface area contributed by atoms with Gasteiger partial charge in [0.25, 0.3) is 0 Å². The number of rotatable bonds is 3. The van der Waals surface area contributed by atoms with Crippen molar-refractivity contribution < 1.29 is 4.74 Å². The quantitative estimate of drug-likeness (QED) is 0.502. The monoisotopic (exact) mass is 277 g/mol. The van der Waals surface area contributed by atoms with E-state index in [2.05, 4.69) is 18.8 Å². The van der Waals surface area contributed by atoms with Crippen LogP contribution in [-0.2, 0) is 0 Å². The summed E-state index contributed by atoms with van der Waals surface area (Å²) < 4.78 is 5.51. The topological polar surface area (TPSA) is 73.6 Å². The minimum atomic E-state index is -0.00100. The first kappa shape index (κ1) is 18.2. The molecule has 0 saturated heterocycles. The summed E-state index contributed by atoms with van der Waals surface area (Å²) in [6, 6.07) is 7.22. The maximum absolute atomic E-state index is 5.70. The molecule has 0 aliphatic heterocycles. The second kappa shape index (κ2) is 10.0. The minimum absolute atomic E-state index is 0.00100. The summed E-state index contributed by atoms with van der Waals surface area (Å²) in [4.78, 5) is 4.18. The second-order valence-corrected chi connectivity index (χ2v) is 4.69. The van der Waals surface area contributed by atoms with Crippen molar-refractivity contribution in [2.24, 2.45) is 10.7 Å². The number of hydrogen-bond donors (Lipinski definition) is 2. The summed E-state index contributed by atoms with van der Waals surface area (Å²) in [6.07, 6.45) is 2.96. The second-order valence-electron chi connectivity index (χ2n) is 4.69. The summed E-state index contributed by atoms with van der Waals surface area (Å²) >= 11 is 0. The lowest BCUT2D eigenvalue weighted by Crippen LogP contribution is -2.15. The Morgan fingerprint density at radius 3 is 2.45 bits per heavy atom. The Labute approximate surface area is 122 Å². The third kappa shape index (κ3) is 8.32. The van der Waals surface area contributed by atoms with E-state index in [1.807, 2.05) is 26.0 Å². The Morgan fingerprint density at radius 2 is 1.95 bits per heavy atom.